The molecular formula is C37H47N9O11S2. The van der Waals surface area contributed by atoms with Gasteiger partial charge in [-0.15, -0.1) is 28.2 Å². The molecule has 1 fully saturated rings. The van der Waals surface area contributed by atoms with Crippen LogP contribution in [0.25, 0.3) is 5.70 Å². The number of amides is 3. The third kappa shape index (κ3) is 10.8. The molecule has 3 aromatic rings. The number of ether oxygens (including phenoxy) is 5. The van der Waals surface area contributed by atoms with Crippen LogP contribution in [0, 0.1) is 0 Å². The van der Waals surface area contributed by atoms with Gasteiger partial charge in [0.15, 0.2) is 16.7 Å². The fourth-order valence-corrected chi connectivity index (χ4v) is 7.47. The van der Waals surface area contributed by atoms with Gasteiger partial charge < -0.3 is 33.8 Å². The van der Waals surface area contributed by atoms with Crippen LogP contribution < -0.4 is 20.1 Å². The molecule has 3 amide bonds. The third-order valence-electron chi connectivity index (χ3n) is 8.17. The standard InChI is InChI=1S/C37H47N9O11S2/c1-19(47)54-16-21-17-58-31-26(30(49)46(31)27(21)28-41-43-44-45(28)15-20-12-13-22(52-10)14-24(20)53-11)39-29(48)25(42-57-37(8,9)32(50)55-35(2,3)4)23-18-59-33(38-23)40-34(51)56-36(5,6)7/h12-14,18,26,31H,15-17H2,1-11H3,(H,39,48)(H,38,40,51)/b42-25-/t26-,31-/m1/s1. The predicted octanol–water partition coefficient (Wildman–Crippen LogP) is 3.76. The number of oxime groups is 1. The number of aromatic nitrogens is 5. The van der Waals surface area contributed by atoms with E-state index >= 15 is 0 Å². The Labute approximate surface area is 348 Å². The van der Waals surface area contributed by atoms with Gasteiger partial charge in [-0.05, 0) is 77.9 Å². The lowest BCUT2D eigenvalue weighted by atomic mass is 10.0. The smallest absolute Gasteiger partial charge is 0.413 e. The molecule has 0 aliphatic carbocycles. The number of hydrogen-bond donors (Lipinski definition) is 2. The Morgan fingerprint density at radius 3 is 2.36 bits per heavy atom. The Hall–Kier alpha value is -5.77. The number of esters is 2. The lowest BCUT2D eigenvalue weighted by Crippen LogP contribution is -2.70. The summed E-state index contributed by atoms with van der Waals surface area (Å²) in [5, 5.41) is 22.5. The lowest BCUT2D eigenvalue weighted by molar-refractivity contribution is -0.179. The zero-order valence-corrected chi connectivity index (χ0v) is 36.2. The number of methoxy groups -OCH3 is 2. The van der Waals surface area contributed by atoms with Gasteiger partial charge in [0.25, 0.3) is 11.8 Å². The normalized spacial score (nSPS) is 17.0. The number of nitrogens with one attached hydrogen (secondary N) is 2. The molecule has 1 aromatic carbocycles. The van der Waals surface area contributed by atoms with Gasteiger partial charge >= 0.3 is 18.0 Å². The maximum Gasteiger partial charge on any atom is 0.413 e. The van der Waals surface area contributed by atoms with E-state index in [-0.39, 0.29) is 35.6 Å². The highest BCUT2D eigenvalue weighted by atomic mass is 32.2. The third-order valence-corrected chi connectivity index (χ3v) is 10.3. The van der Waals surface area contributed by atoms with Gasteiger partial charge in [-0.1, -0.05) is 5.16 Å². The van der Waals surface area contributed by atoms with Crippen LogP contribution in [-0.2, 0) is 44.8 Å². The number of thioether (sulfide) groups is 1. The van der Waals surface area contributed by atoms with Crippen LogP contribution in [0.1, 0.15) is 79.4 Å². The van der Waals surface area contributed by atoms with E-state index in [4.69, 9.17) is 28.5 Å². The predicted molar refractivity (Wildman–Crippen MR) is 215 cm³/mol. The van der Waals surface area contributed by atoms with E-state index in [1.807, 2.05) is 0 Å². The topological polar surface area (TPSA) is 237 Å². The number of β-lactam (4-membered cyclic amide) rings is 1. The van der Waals surface area contributed by atoms with E-state index in [9.17, 15) is 24.0 Å². The second-order valence-corrected chi connectivity index (χ2v) is 17.6. The van der Waals surface area contributed by atoms with Crippen molar-refractivity contribution in [2.75, 3.05) is 31.9 Å². The van der Waals surface area contributed by atoms with Gasteiger partial charge in [0, 0.05) is 35.3 Å². The van der Waals surface area contributed by atoms with Crippen LogP contribution in [0.2, 0.25) is 0 Å². The Balaban J connectivity index is 1.44. The van der Waals surface area contributed by atoms with Crippen molar-refractivity contribution in [3.8, 4) is 11.5 Å². The van der Waals surface area contributed by atoms with Gasteiger partial charge in [0.05, 0.1) is 26.5 Å². The molecule has 0 saturated carbocycles. The van der Waals surface area contributed by atoms with Gasteiger partial charge in [-0.25, -0.2) is 19.3 Å². The molecule has 0 spiro atoms. The van der Waals surface area contributed by atoms with Crippen LogP contribution in [0.15, 0.2) is 34.3 Å². The van der Waals surface area contributed by atoms with Crippen molar-refractivity contribution in [3.63, 3.8) is 0 Å². The first-order valence-corrected chi connectivity index (χ1v) is 20.1. The van der Waals surface area contributed by atoms with Crippen LogP contribution >= 0.6 is 23.1 Å². The molecular weight excluding hydrogens is 811 g/mol. The first-order chi connectivity index (χ1) is 27.6. The molecule has 2 aliphatic heterocycles. The number of anilines is 1. The van der Waals surface area contributed by atoms with E-state index in [1.54, 1.807) is 66.9 Å². The highest BCUT2D eigenvalue weighted by Crippen LogP contribution is 2.44. The summed E-state index contributed by atoms with van der Waals surface area (Å²) in [6.45, 7) is 14.3. The molecule has 22 heteroatoms. The largest absolute Gasteiger partial charge is 0.497 e. The number of carbonyl (C=O) groups is 5. The van der Waals surface area contributed by atoms with Crippen molar-refractivity contribution in [1.82, 2.24) is 35.4 Å². The number of tetrazole rings is 1. The van der Waals surface area contributed by atoms with Gasteiger partial charge in [-0.3, -0.25) is 24.6 Å². The van der Waals surface area contributed by atoms with Crippen LogP contribution in [-0.4, -0.2) is 120 Å². The Morgan fingerprint density at radius 2 is 1.71 bits per heavy atom. The minimum atomic E-state index is -1.66. The molecule has 2 aliphatic rings. The zero-order chi connectivity index (χ0) is 43.4. The lowest BCUT2D eigenvalue weighted by Gasteiger charge is -2.50. The van der Waals surface area contributed by atoms with Crippen LogP contribution in [0.4, 0.5) is 9.93 Å². The summed E-state index contributed by atoms with van der Waals surface area (Å²) in [5.41, 5.74) is -2.13. The Bertz CT molecular complexity index is 2170. The minimum absolute atomic E-state index is 0.0316. The fourth-order valence-electron chi connectivity index (χ4n) is 5.46. The summed E-state index contributed by atoms with van der Waals surface area (Å²) >= 11 is 2.30. The second-order valence-electron chi connectivity index (χ2n) is 15.6. The van der Waals surface area contributed by atoms with E-state index in [0.717, 1.165) is 11.3 Å². The first kappa shape index (κ1) is 44.3. The van der Waals surface area contributed by atoms with Crippen LogP contribution in [0.3, 0.4) is 0 Å². The highest BCUT2D eigenvalue weighted by Gasteiger charge is 2.54. The van der Waals surface area contributed by atoms with Gasteiger partial charge in [0.1, 0.15) is 46.4 Å². The number of rotatable bonds is 14. The van der Waals surface area contributed by atoms with E-state index in [1.165, 1.54) is 54.6 Å². The van der Waals surface area contributed by atoms with Crippen molar-refractivity contribution in [3.05, 3.63) is 46.2 Å². The average Bonchev–Trinajstić information content (AvgIpc) is 3.80. The maximum atomic E-state index is 14.1. The molecule has 0 radical (unpaired) electrons. The molecule has 2 aromatic heterocycles. The number of benzene rings is 1. The SMILES string of the molecule is COc1ccc(Cn2nnnc2C2=C(COC(C)=O)CS[C@@H]3[C@H](NC(=O)/C(=N\OC(C)(C)C(=O)OC(C)(C)C)c4csc(NC(=O)OC(C)(C)C)n4)C(=O)N23)c(OC)c1. The van der Waals surface area contributed by atoms with Crippen LogP contribution in [0.5, 0.6) is 11.5 Å². The van der Waals surface area contributed by atoms with Gasteiger partial charge in [0.2, 0.25) is 5.60 Å². The number of carbonyl (C=O) groups excluding carboxylic acids is 5. The second kappa shape index (κ2) is 17.6. The summed E-state index contributed by atoms with van der Waals surface area (Å²) in [4.78, 5) is 77.0. The first-order valence-electron chi connectivity index (χ1n) is 18.1. The molecule has 2 N–H and O–H groups in total. The van der Waals surface area contributed by atoms with E-state index in [2.05, 4.69) is 36.3 Å². The van der Waals surface area contributed by atoms with Gasteiger partial charge in [-0.2, -0.15) is 0 Å². The van der Waals surface area contributed by atoms with Crippen molar-refractivity contribution < 1.29 is 52.5 Å². The molecule has 0 bridgehead atoms. The molecule has 4 heterocycles. The summed E-state index contributed by atoms with van der Waals surface area (Å²) in [5.74, 6) is -1.08. The number of hydrogen-bond acceptors (Lipinski definition) is 18. The van der Waals surface area contributed by atoms with E-state index < -0.39 is 63.8 Å². The molecule has 20 nitrogen and oxygen atoms in total. The molecule has 1 saturated heterocycles. The van der Waals surface area contributed by atoms with Crippen molar-refractivity contribution in [2.24, 2.45) is 5.16 Å². The van der Waals surface area contributed by atoms with E-state index in [0.29, 0.717) is 28.3 Å². The molecule has 2 atom stereocenters. The molecule has 318 valence electrons. The summed E-state index contributed by atoms with van der Waals surface area (Å²) in [7, 11) is 3.06. The Morgan fingerprint density at radius 1 is 1.00 bits per heavy atom. The van der Waals surface area contributed by atoms with Crippen molar-refractivity contribution in [2.45, 2.75) is 97.1 Å². The summed E-state index contributed by atoms with van der Waals surface area (Å²) in [6, 6.07) is 4.19. The molecule has 59 heavy (non-hydrogen) atoms. The number of nitrogens with zero attached hydrogens (tertiary/aromatic N) is 7. The molecule has 5 rings (SSSR count). The van der Waals surface area contributed by atoms with Crippen molar-refractivity contribution >= 4 is 69.5 Å². The Kier molecular flexibility index (Phi) is 13.2. The fraction of sp³-hybridized carbons (Fsp3) is 0.514. The van der Waals surface area contributed by atoms with Crippen molar-refractivity contribution in [1.29, 1.82) is 0 Å². The number of thiazole rings is 1. The minimum Gasteiger partial charge on any atom is -0.497 e. The molecule has 0 unspecified atom stereocenters. The summed E-state index contributed by atoms with van der Waals surface area (Å²) in [6.07, 6.45) is -0.774. The number of fused-ring (bicyclic) bond motifs is 1. The maximum absolute atomic E-state index is 14.1. The average molecular weight is 858 g/mol. The summed E-state index contributed by atoms with van der Waals surface area (Å²) < 4.78 is 28.5. The monoisotopic (exact) mass is 857 g/mol. The zero-order valence-electron chi connectivity index (χ0n) is 34.5. The highest BCUT2D eigenvalue weighted by molar-refractivity contribution is 8.00. The quantitative estimate of drug-likeness (QED) is 0.0772.